The molecule has 0 aromatic heterocycles. The summed E-state index contributed by atoms with van der Waals surface area (Å²) in [4.78, 5) is 27.4. The zero-order valence-electron chi connectivity index (χ0n) is 17.1. The third-order valence-electron chi connectivity index (χ3n) is 4.90. The summed E-state index contributed by atoms with van der Waals surface area (Å²) in [6, 6.07) is 12.2. The van der Waals surface area contributed by atoms with E-state index in [1.54, 1.807) is 30.3 Å². The summed E-state index contributed by atoms with van der Waals surface area (Å²) < 4.78 is 23.5. The number of ketones is 1. The molecule has 0 radical (unpaired) electrons. The summed E-state index contributed by atoms with van der Waals surface area (Å²) in [5.41, 5.74) is 1.05. The van der Waals surface area contributed by atoms with Crippen molar-refractivity contribution in [3.63, 3.8) is 0 Å². The van der Waals surface area contributed by atoms with Gasteiger partial charge in [-0.15, -0.1) is 0 Å². The van der Waals surface area contributed by atoms with Gasteiger partial charge in [-0.1, -0.05) is 37.1 Å². The normalized spacial score (nSPS) is 19.2. The van der Waals surface area contributed by atoms with E-state index >= 15 is 0 Å². The van der Waals surface area contributed by atoms with Crippen LogP contribution in [0, 0.1) is 13.8 Å². The molecule has 2 aromatic rings. The highest BCUT2D eigenvalue weighted by atomic mass is 32.2. The summed E-state index contributed by atoms with van der Waals surface area (Å²) in [5, 5.41) is 0. The van der Waals surface area contributed by atoms with E-state index < -0.39 is 22.9 Å². The number of hydrogen-bond acceptors (Lipinski definition) is 5. The first-order chi connectivity index (χ1) is 13.8. The lowest BCUT2D eigenvalue weighted by Crippen LogP contribution is -2.53. The molecular weight excluding hydrogens is 390 g/mol. The van der Waals surface area contributed by atoms with Gasteiger partial charge in [0.25, 0.3) is 0 Å². The Hall–Kier alpha value is -2.51. The molecule has 2 aromatic carbocycles. The lowest BCUT2D eigenvalue weighted by atomic mass is 10.1. The maximum atomic E-state index is 13.1. The lowest BCUT2D eigenvalue weighted by Gasteiger charge is -2.32. The number of aryl methyl sites for hydroxylation is 2. The van der Waals surface area contributed by atoms with Crippen LogP contribution in [0.1, 0.15) is 54.6 Å². The van der Waals surface area contributed by atoms with Crippen LogP contribution in [0.5, 0.6) is 5.75 Å². The Labute approximate surface area is 173 Å². The number of carbonyl (C=O) groups is 2. The van der Waals surface area contributed by atoms with E-state index in [-0.39, 0.29) is 12.3 Å². The number of anilines is 1. The molecule has 0 fully saturated rings. The van der Waals surface area contributed by atoms with Gasteiger partial charge in [0.05, 0.1) is 5.69 Å². The Kier molecular flexibility index (Phi) is 6.19. The fraction of sp³-hybridized carbons (Fsp3) is 0.364. The lowest BCUT2D eigenvalue weighted by molar-refractivity contribution is -0.121. The first-order valence-electron chi connectivity index (χ1n) is 9.61. The summed E-state index contributed by atoms with van der Waals surface area (Å²) >= 11 is -2.28. The number of Topliss-reactive ketones (excluding diaryl/α,β-unsaturated/α-hetero) is 1. The summed E-state index contributed by atoms with van der Waals surface area (Å²) in [6.07, 6.45) is 1.79. The molecule has 0 aliphatic carbocycles. The standard InChI is InChI=1S/C22H25NO5S/c1-5-6-7-20(24)23-19-14-16(3)10-13-18(19)21(25)22(23,4)28-29(26)27-17-11-8-15(2)9-12-17/h8-14H,5-7H2,1-4H3. The van der Waals surface area contributed by atoms with Crippen molar-refractivity contribution < 1.29 is 22.2 Å². The molecule has 0 spiro atoms. The summed E-state index contributed by atoms with van der Waals surface area (Å²) in [7, 11) is 0. The number of unbranched alkanes of at least 4 members (excludes halogenated alkanes) is 1. The molecule has 2 atom stereocenters. The Bertz CT molecular complexity index is 956. The predicted octanol–water partition coefficient (Wildman–Crippen LogP) is 4.41. The van der Waals surface area contributed by atoms with Crippen molar-refractivity contribution >= 4 is 28.7 Å². The number of amides is 1. The first kappa shape index (κ1) is 21.2. The molecular formula is C22H25NO5S. The van der Waals surface area contributed by atoms with Crippen LogP contribution in [0.2, 0.25) is 0 Å². The van der Waals surface area contributed by atoms with E-state index in [9.17, 15) is 13.8 Å². The molecule has 154 valence electrons. The topological polar surface area (TPSA) is 72.9 Å². The molecule has 1 heterocycles. The van der Waals surface area contributed by atoms with E-state index in [0.29, 0.717) is 23.4 Å². The van der Waals surface area contributed by atoms with Crippen molar-refractivity contribution in [3.05, 3.63) is 59.2 Å². The van der Waals surface area contributed by atoms with Gasteiger partial charge in [-0.2, -0.15) is 4.21 Å². The number of benzene rings is 2. The molecule has 7 heteroatoms. The van der Waals surface area contributed by atoms with Gasteiger partial charge in [-0.3, -0.25) is 14.5 Å². The van der Waals surface area contributed by atoms with Crippen molar-refractivity contribution in [2.24, 2.45) is 0 Å². The Morgan fingerprint density at radius 3 is 2.41 bits per heavy atom. The number of fused-ring (bicyclic) bond motifs is 1. The Morgan fingerprint density at radius 1 is 1.10 bits per heavy atom. The number of hydrogen-bond donors (Lipinski definition) is 0. The van der Waals surface area contributed by atoms with E-state index in [4.69, 9.17) is 8.37 Å². The van der Waals surface area contributed by atoms with Gasteiger partial charge in [0.15, 0.2) is 0 Å². The van der Waals surface area contributed by atoms with Gasteiger partial charge >= 0.3 is 11.4 Å². The summed E-state index contributed by atoms with van der Waals surface area (Å²) in [5.74, 6) is -0.321. The third kappa shape index (κ3) is 4.26. The van der Waals surface area contributed by atoms with Gasteiger partial charge in [-0.05, 0) is 57.0 Å². The number of nitrogens with zero attached hydrogens (tertiary/aromatic N) is 1. The maximum absolute atomic E-state index is 13.1. The zero-order valence-corrected chi connectivity index (χ0v) is 17.9. The fourth-order valence-electron chi connectivity index (χ4n) is 3.31. The van der Waals surface area contributed by atoms with Gasteiger partial charge in [0, 0.05) is 12.0 Å². The minimum Gasteiger partial charge on any atom is -0.380 e. The molecule has 29 heavy (non-hydrogen) atoms. The highest BCUT2D eigenvalue weighted by Gasteiger charge is 2.53. The van der Waals surface area contributed by atoms with E-state index in [1.807, 2.05) is 32.9 Å². The Morgan fingerprint density at radius 2 is 1.76 bits per heavy atom. The molecule has 0 saturated carbocycles. The molecule has 0 bridgehead atoms. The average Bonchev–Trinajstić information content (AvgIpc) is 2.88. The first-order valence-corrected chi connectivity index (χ1v) is 10.6. The van der Waals surface area contributed by atoms with Gasteiger partial charge in [0.2, 0.25) is 17.4 Å². The molecule has 1 amide bonds. The average molecular weight is 416 g/mol. The van der Waals surface area contributed by atoms with Crippen molar-refractivity contribution in [3.8, 4) is 5.75 Å². The maximum Gasteiger partial charge on any atom is 0.363 e. The van der Waals surface area contributed by atoms with Crippen molar-refractivity contribution in [2.45, 2.75) is 52.7 Å². The van der Waals surface area contributed by atoms with Crippen molar-refractivity contribution in [2.75, 3.05) is 4.90 Å². The zero-order chi connectivity index (χ0) is 21.2. The van der Waals surface area contributed by atoms with Crippen molar-refractivity contribution in [1.29, 1.82) is 0 Å². The van der Waals surface area contributed by atoms with Crippen LogP contribution in [0.15, 0.2) is 42.5 Å². The second kappa shape index (κ2) is 8.47. The molecule has 1 aliphatic rings. The predicted molar refractivity (Wildman–Crippen MR) is 112 cm³/mol. The second-order valence-electron chi connectivity index (χ2n) is 7.35. The van der Waals surface area contributed by atoms with Gasteiger partial charge in [-0.25, -0.2) is 4.18 Å². The third-order valence-corrected chi connectivity index (χ3v) is 5.69. The Balaban J connectivity index is 1.91. The van der Waals surface area contributed by atoms with Crippen LogP contribution >= 0.6 is 0 Å². The van der Waals surface area contributed by atoms with E-state index in [0.717, 1.165) is 17.5 Å². The van der Waals surface area contributed by atoms with Crippen LogP contribution in [0.4, 0.5) is 5.69 Å². The van der Waals surface area contributed by atoms with E-state index in [2.05, 4.69) is 0 Å². The quantitative estimate of drug-likeness (QED) is 0.670. The number of carbonyl (C=O) groups excluding carboxylic acids is 2. The van der Waals surface area contributed by atoms with Crippen LogP contribution in [-0.4, -0.2) is 21.6 Å². The van der Waals surface area contributed by atoms with E-state index in [1.165, 1.54) is 11.8 Å². The SMILES string of the molecule is CCCCC(=O)N1c2cc(C)ccc2C(=O)C1(C)OS(=O)Oc1ccc(C)cc1. The second-order valence-corrected chi connectivity index (χ2v) is 8.09. The van der Waals surface area contributed by atoms with Gasteiger partial charge in [0.1, 0.15) is 5.75 Å². The minimum atomic E-state index is -2.28. The highest BCUT2D eigenvalue weighted by Crippen LogP contribution is 2.41. The number of rotatable bonds is 7. The van der Waals surface area contributed by atoms with Crippen LogP contribution < -0.4 is 9.08 Å². The molecule has 6 nitrogen and oxygen atoms in total. The molecule has 2 unspecified atom stereocenters. The molecule has 1 aliphatic heterocycles. The van der Waals surface area contributed by atoms with Crippen molar-refractivity contribution in [1.82, 2.24) is 0 Å². The molecule has 0 saturated heterocycles. The molecule has 3 rings (SSSR count). The van der Waals surface area contributed by atoms with Crippen LogP contribution in [-0.2, 0) is 20.3 Å². The van der Waals surface area contributed by atoms with Crippen LogP contribution in [0.3, 0.4) is 0 Å². The summed E-state index contributed by atoms with van der Waals surface area (Å²) in [6.45, 7) is 7.26. The molecule has 0 N–H and O–H groups in total. The minimum absolute atomic E-state index is 0.251. The highest BCUT2D eigenvalue weighted by molar-refractivity contribution is 7.75. The van der Waals surface area contributed by atoms with Crippen LogP contribution in [0.25, 0.3) is 0 Å². The van der Waals surface area contributed by atoms with Gasteiger partial charge < -0.3 is 4.18 Å². The largest absolute Gasteiger partial charge is 0.380 e. The smallest absolute Gasteiger partial charge is 0.363 e. The fourth-order valence-corrected chi connectivity index (χ4v) is 4.03. The monoisotopic (exact) mass is 415 g/mol.